The summed E-state index contributed by atoms with van der Waals surface area (Å²) in [5.74, 6) is 0.0722. The molecule has 5 rings (SSSR count). The molecule has 0 N–H and O–H groups in total. The van der Waals surface area contributed by atoms with Gasteiger partial charge in [0.2, 0.25) is 13.6 Å². The first kappa shape index (κ1) is 71.9. The van der Waals surface area contributed by atoms with Crippen LogP contribution in [-0.2, 0) is 77.3 Å². The van der Waals surface area contributed by atoms with Gasteiger partial charge in [-0.1, -0.05) is 100 Å². The van der Waals surface area contributed by atoms with Crippen LogP contribution in [0.15, 0.2) is 153 Å². The summed E-state index contributed by atoms with van der Waals surface area (Å²) in [4.78, 5) is 69.0. The molecule has 0 aliphatic carbocycles. The number of hydrogen-bond donors (Lipinski definition) is 0. The number of hydrogen-bond acceptors (Lipinski definition) is 15. The average molecular weight is 1110 g/mol. The average Bonchev–Trinajstić information content (AvgIpc) is 3.40. The second-order valence-electron chi connectivity index (χ2n) is 13.9. The minimum atomic E-state index is -0.605. The van der Waals surface area contributed by atoms with E-state index in [4.69, 9.17) is 42.6 Å². The Hall–Kier alpha value is -7.36. The van der Waals surface area contributed by atoms with Crippen molar-refractivity contribution in [3.05, 3.63) is 176 Å². The zero-order valence-electron chi connectivity index (χ0n) is 40.1. The standard InChI is InChI=1S/C29H24O9.C24H27O6.C2H6.4CH4.Y/c1-3-27(31)36-18-34-23-13-7-21(8-14-23)26(30)17-20-5-11-25(12-6-20)38-29(33)22-9-15-24(16-10-22)35-19-37-28(32)4-2;1-3-23(25)29-17-5-15-27-21-11-7-19(8-12-21)20-9-13-22(14-10-20)28-16-6-18-30-24(26)4-2;1-2;;;;;/h3-16H,1-2,17-19H2;3,7-11,13-14H,1,4-6,15-18H2,2H3;1-2H3;4*1H4;/q;-1;;;;;;. The summed E-state index contributed by atoms with van der Waals surface area (Å²) >= 11 is 0. The van der Waals surface area contributed by atoms with Gasteiger partial charge in [0.05, 0.1) is 32.0 Å². The van der Waals surface area contributed by atoms with Gasteiger partial charge in [-0.3, -0.25) is 9.59 Å². The van der Waals surface area contributed by atoms with Crippen molar-refractivity contribution in [2.75, 3.05) is 40.0 Å². The number of carbonyl (C=O) groups excluding carboxylic acids is 6. The van der Waals surface area contributed by atoms with Gasteiger partial charge in [-0.25, -0.2) is 19.2 Å². The van der Waals surface area contributed by atoms with Crippen molar-refractivity contribution in [1.29, 1.82) is 0 Å². The molecule has 0 unspecified atom stereocenters. The Kier molecular flexibility index (Phi) is 40.3. The third-order valence-corrected chi connectivity index (χ3v) is 8.99. The molecule has 0 spiro atoms. The maximum atomic E-state index is 12.6. The van der Waals surface area contributed by atoms with Gasteiger partial charge in [0.25, 0.3) is 0 Å². The van der Waals surface area contributed by atoms with Crippen LogP contribution >= 0.6 is 0 Å². The number of rotatable bonds is 26. The van der Waals surface area contributed by atoms with Crippen LogP contribution in [0.25, 0.3) is 11.1 Å². The van der Waals surface area contributed by atoms with Crippen molar-refractivity contribution in [1.82, 2.24) is 0 Å². The van der Waals surface area contributed by atoms with Crippen molar-refractivity contribution in [2.24, 2.45) is 0 Å². The van der Waals surface area contributed by atoms with E-state index in [1.54, 1.807) is 67.6 Å². The minimum absolute atomic E-state index is 0. The zero-order chi connectivity index (χ0) is 50.9. The van der Waals surface area contributed by atoms with Crippen LogP contribution in [0.3, 0.4) is 0 Å². The molecule has 0 saturated heterocycles. The van der Waals surface area contributed by atoms with Crippen molar-refractivity contribution in [3.8, 4) is 39.9 Å². The van der Waals surface area contributed by atoms with E-state index in [2.05, 4.69) is 25.8 Å². The second-order valence-corrected chi connectivity index (χ2v) is 13.9. The van der Waals surface area contributed by atoms with Gasteiger partial charge >= 0.3 is 29.8 Å². The molecule has 15 nitrogen and oxygen atoms in total. The van der Waals surface area contributed by atoms with Gasteiger partial charge in [0.1, 0.15) is 23.0 Å². The fourth-order valence-corrected chi connectivity index (χ4v) is 5.42. The molecule has 1 radical (unpaired) electrons. The van der Waals surface area contributed by atoms with E-state index in [-0.39, 0.29) is 94.2 Å². The van der Waals surface area contributed by atoms with Crippen LogP contribution in [-0.4, -0.2) is 75.6 Å². The SMILES string of the molecule is C.C.C.C.C=CC(=O)OCCCOc1[c-]cc(-c2ccc(OCCCOC(=O)CC)cc2)cc1.C=CC(=O)OCOc1ccc(C(=O)Cc2ccc(OC(=O)c3ccc(OCOC(=O)C=C)cc3)cc2)cc1.CC.[Y]. The smallest absolute Gasteiger partial charge is 0.343 e. The molecule has 16 heteroatoms. The van der Waals surface area contributed by atoms with E-state index in [0.29, 0.717) is 79.8 Å². The van der Waals surface area contributed by atoms with Crippen LogP contribution in [0.2, 0.25) is 0 Å². The summed E-state index contributed by atoms with van der Waals surface area (Å²) in [6, 6.07) is 35.7. The van der Waals surface area contributed by atoms with Gasteiger partial charge in [0.15, 0.2) is 5.78 Å². The number of carbonyl (C=O) groups is 6. The van der Waals surface area contributed by atoms with E-state index >= 15 is 0 Å². The largest absolute Gasteiger partial charge is 0.519 e. The summed E-state index contributed by atoms with van der Waals surface area (Å²) < 4.78 is 46.5. The fraction of sp³-hybridized carbons (Fsp3) is 0.288. The predicted molar refractivity (Wildman–Crippen MR) is 288 cm³/mol. The number of ether oxygens (including phenoxy) is 9. The Morgan fingerprint density at radius 1 is 0.493 bits per heavy atom. The fourth-order valence-electron chi connectivity index (χ4n) is 5.42. The Morgan fingerprint density at radius 2 is 0.933 bits per heavy atom. The van der Waals surface area contributed by atoms with Crippen molar-refractivity contribution < 1.29 is 104 Å². The summed E-state index contributed by atoms with van der Waals surface area (Å²) in [6.07, 6.45) is 4.98. The molecule has 5 aromatic carbocycles. The number of ketones is 1. The predicted octanol–water partition coefficient (Wildman–Crippen LogP) is 12.4. The van der Waals surface area contributed by atoms with Crippen LogP contribution in [0.1, 0.15) is 96.0 Å². The van der Waals surface area contributed by atoms with Crippen LogP contribution in [0, 0.1) is 6.07 Å². The number of Topliss-reactive ketones (excluding diaryl/α,β-unsaturated/α-hetero) is 1. The Labute approximate surface area is 469 Å². The topological polar surface area (TPSA) is 185 Å². The van der Waals surface area contributed by atoms with Gasteiger partial charge < -0.3 is 42.6 Å². The van der Waals surface area contributed by atoms with Crippen molar-refractivity contribution in [3.63, 3.8) is 0 Å². The molecule has 5 aromatic rings. The summed E-state index contributed by atoms with van der Waals surface area (Å²) in [5, 5.41) is 0. The molecule has 0 fully saturated rings. The van der Waals surface area contributed by atoms with E-state index in [9.17, 15) is 28.8 Å². The molecule has 75 heavy (non-hydrogen) atoms. The quantitative estimate of drug-likeness (QED) is 0.00743. The molecular weight excluding hydrogens is 1040 g/mol. The molecule has 0 saturated carbocycles. The Balaban J connectivity index is -0.00000128. The molecular formula is C59H73O15Y-. The van der Waals surface area contributed by atoms with E-state index in [1.807, 2.05) is 56.3 Å². The minimum Gasteiger partial charge on any atom is -0.519 e. The van der Waals surface area contributed by atoms with Crippen LogP contribution < -0.4 is 23.7 Å². The first-order chi connectivity index (χ1) is 34.0. The summed E-state index contributed by atoms with van der Waals surface area (Å²) in [5.41, 5.74) is 3.58. The van der Waals surface area contributed by atoms with Gasteiger partial charge in [-0.05, 0) is 78.4 Å². The Bertz CT molecular complexity index is 2330. The normalized spacial score (nSPS) is 9.21. The Morgan fingerprint density at radius 3 is 1.43 bits per heavy atom. The molecule has 0 amide bonds. The molecule has 403 valence electrons. The van der Waals surface area contributed by atoms with E-state index in [0.717, 1.165) is 40.7 Å². The van der Waals surface area contributed by atoms with E-state index < -0.39 is 23.9 Å². The molecule has 0 bridgehead atoms. The summed E-state index contributed by atoms with van der Waals surface area (Å²) in [7, 11) is 0. The van der Waals surface area contributed by atoms with Crippen LogP contribution in [0.5, 0.6) is 28.7 Å². The third kappa shape index (κ3) is 28.6. The molecule has 0 aliphatic heterocycles. The third-order valence-electron chi connectivity index (χ3n) is 8.99. The second kappa shape index (κ2) is 42.0. The van der Waals surface area contributed by atoms with E-state index in [1.165, 1.54) is 12.1 Å². The zero-order valence-corrected chi connectivity index (χ0v) is 42.9. The summed E-state index contributed by atoms with van der Waals surface area (Å²) in [6.45, 7) is 16.7. The monoisotopic (exact) mass is 1110 g/mol. The van der Waals surface area contributed by atoms with Crippen molar-refractivity contribution in [2.45, 2.75) is 76.2 Å². The van der Waals surface area contributed by atoms with Crippen LogP contribution in [0.4, 0.5) is 0 Å². The van der Waals surface area contributed by atoms with Gasteiger partial charge in [0, 0.05) is 87.9 Å². The van der Waals surface area contributed by atoms with Gasteiger partial charge in [-0.2, -0.15) is 12.1 Å². The molecule has 0 atom stereocenters. The maximum absolute atomic E-state index is 12.6. The first-order valence-corrected chi connectivity index (χ1v) is 22.2. The molecule has 0 aromatic heterocycles. The van der Waals surface area contributed by atoms with Crippen molar-refractivity contribution >= 4 is 35.6 Å². The maximum Gasteiger partial charge on any atom is 0.343 e. The molecule has 0 aliphatic rings. The first-order valence-electron chi connectivity index (χ1n) is 22.2. The number of benzene rings is 5. The number of esters is 5. The molecule has 0 heterocycles. The van der Waals surface area contributed by atoms with Gasteiger partial charge in [-0.15, -0.1) is 17.7 Å².